The summed E-state index contributed by atoms with van der Waals surface area (Å²) < 4.78 is 5.07. The van der Waals surface area contributed by atoms with E-state index in [9.17, 15) is 9.59 Å². The number of hydrogen-bond acceptors (Lipinski definition) is 3. The number of carbonyl (C=O) groups excluding carboxylic acids is 2. The number of ether oxygens (including phenoxy) is 1. The Morgan fingerprint density at radius 1 is 1.20 bits per heavy atom. The highest BCUT2D eigenvalue weighted by Crippen LogP contribution is 2.07. The van der Waals surface area contributed by atoms with Gasteiger partial charge in [-0.05, 0) is 27.7 Å². The van der Waals surface area contributed by atoms with Gasteiger partial charge in [-0.1, -0.05) is 0 Å². The van der Waals surface area contributed by atoms with Crippen molar-refractivity contribution in [3.63, 3.8) is 0 Å². The molecule has 5 nitrogen and oxygen atoms in total. The molecule has 0 aliphatic heterocycles. The van der Waals surface area contributed by atoms with Gasteiger partial charge in [0.1, 0.15) is 5.60 Å². The Labute approximate surface area is 90.6 Å². The third-order valence-corrected chi connectivity index (χ3v) is 1.37. The van der Waals surface area contributed by atoms with Crippen molar-refractivity contribution in [1.82, 2.24) is 10.6 Å². The van der Waals surface area contributed by atoms with Crippen molar-refractivity contribution in [2.75, 3.05) is 13.1 Å². The summed E-state index contributed by atoms with van der Waals surface area (Å²) in [6, 6.07) is -0.263. The molecule has 0 saturated heterocycles. The zero-order valence-electron chi connectivity index (χ0n) is 9.85. The number of rotatable bonds is 4. The van der Waals surface area contributed by atoms with E-state index < -0.39 is 5.60 Å². The van der Waals surface area contributed by atoms with Crippen molar-refractivity contribution in [2.24, 2.45) is 0 Å². The van der Waals surface area contributed by atoms with E-state index in [4.69, 9.17) is 4.74 Å². The first kappa shape index (κ1) is 13.7. The summed E-state index contributed by atoms with van der Waals surface area (Å²) in [6.45, 7) is 8.11. The maximum Gasteiger partial charge on any atom is 0.314 e. The molecular weight excluding hydrogens is 196 g/mol. The van der Waals surface area contributed by atoms with Crippen LogP contribution in [0.2, 0.25) is 0 Å². The van der Waals surface area contributed by atoms with Gasteiger partial charge in [0.05, 0.1) is 6.42 Å². The number of nitrogens with one attached hydrogen (secondary N) is 2. The lowest BCUT2D eigenvalue weighted by atomic mass is 10.2. The molecule has 0 bridgehead atoms. The van der Waals surface area contributed by atoms with Crippen molar-refractivity contribution in [1.29, 1.82) is 0 Å². The first-order chi connectivity index (χ1) is 6.85. The summed E-state index contributed by atoms with van der Waals surface area (Å²) in [4.78, 5) is 22.1. The molecule has 2 amide bonds. The Kier molecular flexibility index (Phi) is 5.74. The quantitative estimate of drug-likeness (QED) is 0.690. The first-order valence-corrected chi connectivity index (χ1v) is 5.08. The van der Waals surface area contributed by atoms with E-state index in [-0.39, 0.29) is 18.4 Å². The molecule has 15 heavy (non-hydrogen) atoms. The maximum absolute atomic E-state index is 11.2. The Bertz CT molecular complexity index is 221. The fourth-order valence-corrected chi connectivity index (χ4v) is 0.894. The highest BCUT2D eigenvalue weighted by atomic mass is 16.6. The van der Waals surface area contributed by atoms with Crippen molar-refractivity contribution < 1.29 is 14.3 Å². The summed E-state index contributed by atoms with van der Waals surface area (Å²) in [5.74, 6) is -0.306. The van der Waals surface area contributed by atoms with Crippen LogP contribution in [0.5, 0.6) is 0 Å². The third-order valence-electron chi connectivity index (χ3n) is 1.37. The number of amides is 2. The molecule has 0 aromatic rings. The molecule has 0 unspecified atom stereocenters. The largest absolute Gasteiger partial charge is 0.460 e. The topological polar surface area (TPSA) is 67.4 Å². The van der Waals surface area contributed by atoms with Gasteiger partial charge in [0, 0.05) is 13.1 Å². The molecule has 0 aromatic heterocycles. The molecule has 88 valence electrons. The van der Waals surface area contributed by atoms with Gasteiger partial charge in [-0.25, -0.2) is 4.79 Å². The Morgan fingerprint density at radius 3 is 2.27 bits per heavy atom. The highest BCUT2D eigenvalue weighted by molar-refractivity contribution is 5.75. The molecule has 0 radical (unpaired) electrons. The number of carbonyl (C=O) groups is 2. The fraction of sp³-hybridized carbons (Fsp3) is 0.800. The Balaban J connectivity index is 3.60. The molecule has 0 aliphatic carbocycles. The molecule has 0 fully saturated rings. The SMILES string of the molecule is CCNC(=O)NCCC(=O)OC(C)(C)C. The lowest BCUT2D eigenvalue weighted by Crippen LogP contribution is -2.37. The van der Waals surface area contributed by atoms with E-state index in [0.29, 0.717) is 13.1 Å². The van der Waals surface area contributed by atoms with Gasteiger partial charge < -0.3 is 15.4 Å². The van der Waals surface area contributed by atoms with E-state index in [1.807, 2.05) is 27.7 Å². The van der Waals surface area contributed by atoms with Crippen molar-refractivity contribution >= 4 is 12.0 Å². The molecule has 2 N–H and O–H groups in total. The smallest absolute Gasteiger partial charge is 0.314 e. The second-order valence-corrected chi connectivity index (χ2v) is 4.12. The minimum absolute atomic E-state index is 0.189. The summed E-state index contributed by atoms with van der Waals surface area (Å²) in [5, 5.41) is 5.11. The standard InChI is InChI=1S/C10H20N2O3/c1-5-11-9(14)12-7-6-8(13)15-10(2,3)4/h5-7H2,1-4H3,(H2,11,12,14). The molecule has 0 aliphatic rings. The molecule has 5 heteroatoms. The van der Waals surface area contributed by atoms with Crippen LogP contribution in [0.3, 0.4) is 0 Å². The molecule has 0 rings (SSSR count). The van der Waals surface area contributed by atoms with Gasteiger partial charge in [-0.3, -0.25) is 4.79 Å². The summed E-state index contributed by atoms with van der Waals surface area (Å²) >= 11 is 0. The summed E-state index contributed by atoms with van der Waals surface area (Å²) in [6.07, 6.45) is 0.189. The van der Waals surface area contributed by atoms with E-state index in [0.717, 1.165) is 0 Å². The predicted octanol–water partition coefficient (Wildman–Crippen LogP) is 1.04. The van der Waals surface area contributed by atoms with Crippen LogP contribution in [0.15, 0.2) is 0 Å². The van der Waals surface area contributed by atoms with Crippen LogP contribution < -0.4 is 10.6 Å². The van der Waals surface area contributed by atoms with Gasteiger partial charge in [0.25, 0.3) is 0 Å². The van der Waals surface area contributed by atoms with E-state index in [1.165, 1.54) is 0 Å². The number of esters is 1. The van der Waals surface area contributed by atoms with Gasteiger partial charge in [-0.15, -0.1) is 0 Å². The molecule has 0 spiro atoms. The summed E-state index contributed by atoms with van der Waals surface area (Å²) in [5.41, 5.74) is -0.469. The molecular formula is C10H20N2O3. The van der Waals surface area contributed by atoms with Crippen LogP contribution in [0.25, 0.3) is 0 Å². The van der Waals surface area contributed by atoms with Gasteiger partial charge in [0.15, 0.2) is 0 Å². The molecule has 0 heterocycles. The number of urea groups is 1. The van der Waals surface area contributed by atoms with Crippen LogP contribution in [0, 0.1) is 0 Å². The fourth-order valence-electron chi connectivity index (χ4n) is 0.894. The molecule has 0 aromatic carbocycles. The zero-order chi connectivity index (χ0) is 11.9. The average Bonchev–Trinajstić information content (AvgIpc) is 2.00. The average molecular weight is 216 g/mol. The monoisotopic (exact) mass is 216 g/mol. The second-order valence-electron chi connectivity index (χ2n) is 4.12. The Morgan fingerprint density at radius 2 is 1.80 bits per heavy atom. The summed E-state index contributed by atoms with van der Waals surface area (Å²) in [7, 11) is 0. The molecule has 0 atom stereocenters. The lowest BCUT2D eigenvalue weighted by Gasteiger charge is -2.19. The van der Waals surface area contributed by atoms with E-state index >= 15 is 0 Å². The van der Waals surface area contributed by atoms with Crippen LogP contribution in [-0.4, -0.2) is 30.7 Å². The van der Waals surface area contributed by atoms with Gasteiger partial charge in [0.2, 0.25) is 0 Å². The molecule has 0 saturated carbocycles. The van der Waals surface area contributed by atoms with Crippen molar-refractivity contribution in [2.45, 2.75) is 39.7 Å². The van der Waals surface area contributed by atoms with Crippen LogP contribution >= 0.6 is 0 Å². The first-order valence-electron chi connectivity index (χ1n) is 5.08. The van der Waals surface area contributed by atoms with Crippen molar-refractivity contribution in [3.8, 4) is 0 Å². The third kappa shape index (κ3) is 9.05. The minimum Gasteiger partial charge on any atom is -0.460 e. The lowest BCUT2D eigenvalue weighted by molar-refractivity contribution is -0.154. The van der Waals surface area contributed by atoms with Crippen LogP contribution in [0.4, 0.5) is 4.79 Å². The van der Waals surface area contributed by atoms with Crippen LogP contribution in [0.1, 0.15) is 34.1 Å². The van der Waals surface area contributed by atoms with Crippen LogP contribution in [-0.2, 0) is 9.53 Å². The minimum atomic E-state index is -0.469. The van der Waals surface area contributed by atoms with Gasteiger partial charge in [-0.2, -0.15) is 0 Å². The predicted molar refractivity (Wildman–Crippen MR) is 57.5 cm³/mol. The second kappa shape index (κ2) is 6.27. The normalized spacial score (nSPS) is 10.7. The zero-order valence-corrected chi connectivity index (χ0v) is 9.85. The highest BCUT2D eigenvalue weighted by Gasteiger charge is 2.15. The van der Waals surface area contributed by atoms with Crippen molar-refractivity contribution in [3.05, 3.63) is 0 Å². The number of hydrogen-bond donors (Lipinski definition) is 2. The van der Waals surface area contributed by atoms with E-state index in [2.05, 4.69) is 10.6 Å². The van der Waals surface area contributed by atoms with Gasteiger partial charge >= 0.3 is 12.0 Å². The Hall–Kier alpha value is -1.26. The van der Waals surface area contributed by atoms with E-state index in [1.54, 1.807) is 0 Å². The maximum atomic E-state index is 11.2.